The van der Waals surface area contributed by atoms with E-state index in [4.69, 9.17) is 5.73 Å². The number of nitrogens with one attached hydrogen (secondary N) is 1. The summed E-state index contributed by atoms with van der Waals surface area (Å²) >= 11 is 0. The Balaban J connectivity index is 1.82. The first-order valence-electron chi connectivity index (χ1n) is 8.84. The molecule has 2 aliphatic rings. The van der Waals surface area contributed by atoms with Crippen LogP contribution in [0.4, 0.5) is 0 Å². The van der Waals surface area contributed by atoms with E-state index < -0.39 is 11.9 Å². The van der Waals surface area contributed by atoms with E-state index in [9.17, 15) is 19.5 Å². The second kappa shape index (κ2) is 7.94. The van der Waals surface area contributed by atoms with Gasteiger partial charge in [-0.05, 0) is 17.5 Å². The normalized spacial score (nSPS) is 19.9. The third kappa shape index (κ3) is 3.62. The van der Waals surface area contributed by atoms with Crippen molar-refractivity contribution in [2.24, 2.45) is 5.73 Å². The number of benzene rings is 1. The zero-order valence-corrected chi connectivity index (χ0v) is 14.6. The lowest BCUT2D eigenvalue weighted by atomic mass is 10.0. The highest BCUT2D eigenvalue weighted by molar-refractivity contribution is 6.05. The first-order valence-corrected chi connectivity index (χ1v) is 8.84. The number of hydrogen-bond donors (Lipinski definition) is 3. The molecule has 0 radical (unpaired) electrons. The second-order valence-corrected chi connectivity index (χ2v) is 6.64. The quantitative estimate of drug-likeness (QED) is 0.548. The average Bonchev–Trinajstić information content (AvgIpc) is 2.93. The zero-order valence-electron chi connectivity index (χ0n) is 14.6. The smallest absolute Gasteiger partial charge is 0.255 e. The molecule has 0 bridgehead atoms. The van der Waals surface area contributed by atoms with Crippen LogP contribution in [0.1, 0.15) is 34.3 Å². The van der Waals surface area contributed by atoms with Gasteiger partial charge in [-0.3, -0.25) is 24.6 Å². The molecule has 1 unspecified atom stereocenters. The first kappa shape index (κ1) is 18.5. The van der Waals surface area contributed by atoms with Gasteiger partial charge in [0.15, 0.2) is 0 Å². The number of carbonyl (C=O) groups excluding carboxylic acids is 3. The molecule has 1 atom stereocenters. The zero-order chi connectivity index (χ0) is 18.7. The summed E-state index contributed by atoms with van der Waals surface area (Å²) in [6.07, 6.45) is 0.591. The molecule has 2 heterocycles. The Kier molecular flexibility index (Phi) is 5.65. The van der Waals surface area contributed by atoms with E-state index in [1.807, 2.05) is 23.1 Å². The maximum absolute atomic E-state index is 13.0. The van der Waals surface area contributed by atoms with Gasteiger partial charge in [-0.15, -0.1) is 0 Å². The molecule has 4 N–H and O–H groups in total. The molecule has 0 saturated carbocycles. The highest BCUT2D eigenvalue weighted by atomic mass is 16.3. The van der Waals surface area contributed by atoms with E-state index in [-0.39, 0.29) is 24.8 Å². The van der Waals surface area contributed by atoms with Crippen LogP contribution in [0.25, 0.3) is 0 Å². The minimum absolute atomic E-state index is 0.0192. The number of fused-ring (bicyclic) bond motifs is 1. The Hall–Kier alpha value is -2.29. The molecule has 140 valence electrons. The molecule has 1 fully saturated rings. The van der Waals surface area contributed by atoms with Crippen LogP contribution in [-0.2, 0) is 22.7 Å². The van der Waals surface area contributed by atoms with E-state index >= 15 is 0 Å². The molecule has 3 rings (SSSR count). The highest BCUT2D eigenvalue weighted by Gasteiger charge is 2.40. The van der Waals surface area contributed by atoms with Crippen molar-refractivity contribution in [1.29, 1.82) is 0 Å². The molecule has 0 aliphatic carbocycles. The molecule has 3 amide bonds. The maximum atomic E-state index is 13.0. The number of carbonyl (C=O) groups is 3. The molecule has 0 spiro atoms. The van der Waals surface area contributed by atoms with Crippen molar-refractivity contribution in [1.82, 2.24) is 15.1 Å². The summed E-state index contributed by atoms with van der Waals surface area (Å²) in [5.41, 5.74) is 8.00. The van der Waals surface area contributed by atoms with E-state index in [1.54, 1.807) is 4.90 Å². The van der Waals surface area contributed by atoms with Crippen molar-refractivity contribution < 1.29 is 19.5 Å². The van der Waals surface area contributed by atoms with E-state index in [1.165, 1.54) is 0 Å². The molecular formula is C18H24N4O4. The highest BCUT2D eigenvalue weighted by Crippen LogP contribution is 2.30. The van der Waals surface area contributed by atoms with Crippen molar-refractivity contribution in [2.75, 3.05) is 26.2 Å². The van der Waals surface area contributed by atoms with Crippen molar-refractivity contribution in [3.05, 3.63) is 34.9 Å². The van der Waals surface area contributed by atoms with Crippen LogP contribution in [0.5, 0.6) is 0 Å². The standard InChI is InChI=1S/C18H24N4O4/c19-6-7-21(8-9-23)10-12-2-1-3-13-11-22(18(26)16(12)13)14-4-5-15(24)20-17(14)25/h1-3,14,23H,4-11,19H2,(H,20,24,25). The van der Waals surface area contributed by atoms with Gasteiger partial charge in [0.1, 0.15) is 6.04 Å². The van der Waals surface area contributed by atoms with Crippen molar-refractivity contribution in [2.45, 2.75) is 32.0 Å². The van der Waals surface area contributed by atoms with Crippen molar-refractivity contribution in [3.8, 4) is 0 Å². The van der Waals surface area contributed by atoms with E-state index in [2.05, 4.69) is 5.32 Å². The third-order valence-corrected chi connectivity index (χ3v) is 4.89. The average molecular weight is 360 g/mol. The Morgan fingerprint density at radius 1 is 1.27 bits per heavy atom. The molecule has 8 heteroatoms. The fourth-order valence-corrected chi connectivity index (χ4v) is 3.66. The van der Waals surface area contributed by atoms with Gasteiger partial charge in [0.25, 0.3) is 5.91 Å². The summed E-state index contributed by atoms with van der Waals surface area (Å²) < 4.78 is 0. The molecule has 1 aromatic rings. The molecular weight excluding hydrogens is 336 g/mol. The van der Waals surface area contributed by atoms with E-state index in [0.717, 1.165) is 11.1 Å². The fraction of sp³-hybridized carbons (Fsp3) is 0.500. The number of rotatable bonds is 7. The molecule has 1 saturated heterocycles. The number of aliphatic hydroxyl groups is 1. The Morgan fingerprint density at radius 2 is 2.08 bits per heavy atom. The fourth-order valence-electron chi connectivity index (χ4n) is 3.66. The van der Waals surface area contributed by atoms with Crippen LogP contribution in [0, 0.1) is 0 Å². The second-order valence-electron chi connectivity index (χ2n) is 6.64. The Labute approximate surface area is 151 Å². The number of nitrogens with two attached hydrogens (primary N) is 1. The molecule has 0 aromatic heterocycles. The third-order valence-electron chi connectivity index (χ3n) is 4.89. The summed E-state index contributed by atoms with van der Waals surface area (Å²) in [6, 6.07) is 5.07. The van der Waals surface area contributed by atoms with Crippen molar-refractivity contribution in [3.63, 3.8) is 0 Å². The number of amides is 3. The lowest BCUT2D eigenvalue weighted by molar-refractivity contribution is -0.136. The summed E-state index contributed by atoms with van der Waals surface area (Å²) in [6.45, 7) is 2.46. The number of hydrogen-bond acceptors (Lipinski definition) is 6. The van der Waals surface area contributed by atoms with Crippen LogP contribution in [0.3, 0.4) is 0 Å². The Morgan fingerprint density at radius 3 is 2.77 bits per heavy atom. The van der Waals surface area contributed by atoms with Gasteiger partial charge >= 0.3 is 0 Å². The maximum Gasteiger partial charge on any atom is 0.255 e. The van der Waals surface area contributed by atoms with Gasteiger partial charge in [-0.1, -0.05) is 18.2 Å². The van der Waals surface area contributed by atoms with Crippen molar-refractivity contribution >= 4 is 17.7 Å². The molecule has 1 aromatic carbocycles. The van der Waals surface area contributed by atoms with Gasteiger partial charge in [-0.25, -0.2) is 0 Å². The van der Waals surface area contributed by atoms with Crippen LogP contribution in [0.2, 0.25) is 0 Å². The lowest BCUT2D eigenvalue weighted by Crippen LogP contribution is -2.52. The predicted octanol–water partition coefficient (Wildman–Crippen LogP) is -0.799. The summed E-state index contributed by atoms with van der Waals surface area (Å²) in [4.78, 5) is 40.1. The van der Waals surface area contributed by atoms with Gasteiger partial charge in [0, 0.05) is 44.7 Å². The Bertz CT molecular complexity index is 715. The van der Waals surface area contributed by atoms with Gasteiger partial charge in [0.05, 0.1) is 6.61 Å². The van der Waals surface area contributed by atoms with Gasteiger partial charge < -0.3 is 15.7 Å². The SMILES string of the molecule is NCCN(CCO)Cc1cccc2c1C(=O)N(C1CCC(=O)NC1=O)C2. The summed E-state index contributed by atoms with van der Waals surface area (Å²) in [7, 11) is 0. The first-order chi connectivity index (χ1) is 12.5. The predicted molar refractivity (Wildman–Crippen MR) is 93.9 cm³/mol. The number of imide groups is 1. The number of piperidine rings is 1. The van der Waals surface area contributed by atoms with E-state index in [0.29, 0.717) is 44.7 Å². The van der Waals surface area contributed by atoms with Gasteiger partial charge in [0.2, 0.25) is 11.8 Å². The monoisotopic (exact) mass is 360 g/mol. The molecule has 2 aliphatic heterocycles. The molecule has 8 nitrogen and oxygen atoms in total. The largest absolute Gasteiger partial charge is 0.395 e. The summed E-state index contributed by atoms with van der Waals surface area (Å²) in [5.74, 6) is -0.881. The van der Waals surface area contributed by atoms with Crippen LogP contribution in [-0.4, -0.2) is 64.9 Å². The van der Waals surface area contributed by atoms with Gasteiger partial charge in [-0.2, -0.15) is 0 Å². The van der Waals surface area contributed by atoms with Crippen LogP contribution < -0.4 is 11.1 Å². The molecule has 26 heavy (non-hydrogen) atoms. The van der Waals surface area contributed by atoms with Crippen LogP contribution in [0.15, 0.2) is 18.2 Å². The lowest BCUT2D eigenvalue weighted by Gasteiger charge is -2.29. The number of nitrogens with zero attached hydrogens (tertiary/aromatic N) is 2. The minimum atomic E-state index is -0.613. The summed E-state index contributed by atoms with van der Waals surface area (Å²) in [5, 5.41) is 11.5. The topological polar surface area (TPSA) is 116 Å². The number of aliphatic hydroxyl groups excluding tert-OH is 1. The van der Waals surface area contributed by atoms with Crippen LogP contribution >= 0.6 is 0 Å². The minimum Gasteiger partial charge on any atom is -0.395 e.